The van der Waals surface area contributed by atoms with Crippen molar-refractivity contribution in [3.63, 3.8) is 0 Å². The molecule has 0 saturated carbocycles. The standard InChI is InChI=1S/C8H3Br2IS/c9-4-1-2-5-6(3-4)12-8(10)7(5)11/h1-3H. The summed E-state index contributed by atoms with van der Waals surface area (Å²) in [4.78, 5) is 0. The molecule has 0 spiro atoms. The van der Waals surface area contributed by atoms with Crippen molar-refractivity contribution in [3.8, 4) is 0 Å². The molecule has 0 bridgehead atoms. The lowest BCUT2D eigenvalue weighted by atomic mass is 10.3. The number of rotatable bonds is 0. The van der Waals surface area contributed by atoms with Gasteiger partial charge in [-0.2, -0.15) is 0 Å². The summed E-state index contributed by atoms with van der Waals surface area (Å²) < 4.78 is 4.98. The molecule has 0 aliphatic heterocycles. The zero-order chi connectivity index (χ0) is 8.72. The maximum atomic E-state index is 3.53. The van der Waals surface area contributed by atoms with Crippen LogP contribution in [0.3, 0.4) is 0 Å². The molecule has 0 nitrogen and oxygen atoms in total. The molecule has 12 heavy (non-hydrogen) atoms. The van der Waals surface area contributed by atoms with Gasteiger partial charge in [0, 0.05) is 18.1 Å². The van der Waals surface area contributed by atoms with E-state index in [4.69, 9.17) is 0 Å². The maximum absolute atomic E-state index is 3.53. The van der Waals surface area contributed by atoms with E-state index in [9.17, 15) is 0 Å². The van der Waals surface area contributed by atoms with E-state index in [2.05, 4.69) is 72.6 Å². The second kappa shape index (κ2) is 3.55. The van der Waals surface area contributed by atoms with Gasteiger partial charge in [-0.1, -0.05) is 22.0 Å². The highest BCUT2D eigenvalue weighted by molar-refractivity contribution is 14.1. The second-order valence-electron chi connectivity index (χ2n) is 2.33. The highest BCUT2D eigenvalue weighted by Crippen LogP contribution is 2.37. The van der Waals surface area contributed by atoms with Gasteiger partial charge in [0.25, 0.3) is 0 Å². The van der Waals surface area contributed by atoms with Crippen molar-refractivity contribution in [3.05, 3.63) is 30.0 Å². The predicted octanol–water partition coefficient (Wildman–Crippen LogP) is 5.03. The molecule has 0 aliphatic carbocycles. The zero-order valence-electron chi connectivity index (χ0n) is 5.77. The summed E-state index contributed by atoms with van der Waals surface area (Å²) in [7, 11) is 0. The molecule has 62 valence electrons. The molecular formula is C8H3Br2IS. The van der Waals surface area contributed by atoms with Gasteiger partial charge in [0.1, 0.15) is 0 Å². The highest BCUT2D eigenvalue weighted by atomic mass is 127. The maximum Gasteiger partial charge on any atom is 0.0844 e. The molecular weight excluding hydrogens is 415 g/mol. The Kier molecular flexibility index (Phi) is 2.79. The summed E-state index contributed by atoms with van der Waals surface area (Å²) in [5, 5.41) is 1.33. The molecule has 0 unspecified atom stereocenters. The van der Waals surface area contributed by atoms with E-state index in [0.717, 1.165) is 4.47 Å². The minimum Gasteiger partial charge on any atom is -0.127 e. The van der Waals surface area contributed by atoms with E-state index in [0.29, 0.717) is 0 Å². The highest BCUT2D eigenvalue weighted by Gasteiger charge is 2.06. The van der Waals surface area contributed by atoms with Crippen LogP contribution in [0.5, 0.6) is 0 Å². The minimum absolute atomic E-state index is 1.14. The van der Waals surface area contributed by atoms with Crippen LogP contribution < -0.4 is 0 Å². The molecule has 0 saturated heterocycles. The SMILES string of the molecule is Brc1ccc2c(I)c(Br)sc2c1. The van der Waals surface area contributed by atoms with Crippen LogP contribution in [0.15, 0.2) is 26.5 Å². The topological polar surface area (TPSA) is 0 Å². The lowest BCUT2D eigenvalue weighted by Gasteiger charge is -1.90. The third kappa shape index (κ3) is 1.58. The number of halogens is 3. The Morgan fingerprint density at radius 2 is 2.00 bits per heavy atom. The summed E-state index contributed by atoms with van der Waals surface area (Å²) >= 11 is 11.1. The van der Waals surface area contributed by atoms with Gasteiger partial charge < -0.3 is 0 Å². The van der Waals surface area contributed by atoms with Gasteiger partial charge in [-0.15, -0.1) is 11.3 Å². The number of benzene rings is 1. The molecule has 1 heterocycles. The fourth-order valence-corrected chi connectivity index (χ4v) is 4.10. The molecule has 1 aromatic carbocycles. The van der Waals surface area contributed by atoms with E-state index in [1.54, 1.807) is 11.3 Å². The number of thiophene rings is 1. The molecule has 0 aliphatic rings. The first kappa shape index (κ1) is 9.43. The van der Waals surface area contributed by atoms with Gasteiger partial charge in [0.05, 0.1) is 3.79 Å². The lowest BCUT2D eigenvalue weighted by molar-refractivity contribution is 1.75. The van der Waals surface area contributed by atoms with Crippen molar-refractivity contribution in [1.82, 2.24) is 0 Å². The fourth-order valence-electron chi connectivity index (χ4n) is 1.01. The van der Waals surface area contributed by atoms with Crippen LogP contribution in [0, 0.1) is 3.57 Å². The molecule has 2 rings (SSSR count). The van der Waals surface area contributed by atoms with Gasteiger partial charge in [-0.25, -0.2) is 0 Å². The second-order valence-corrected chi connectivity index (χ2v) is 6.69. The Hall–Kier alpha value is 0.870. The third-order valence-corrected chi connectivity index (χ3v) is 6.10. The summed E-state index contributed by atoms with van der Waals surface area (Å²) in [6.45, 7) is 0. The first-order valence-corrected chi connectivity index (χ1v) is 6.69. The molecule has 2 aromatic rings. The van der Waals surface area contributed by atoms with Crippen LogP contribution in [0.2, 0.25) is 0 Å². The largest absolute Gasteiger partial charge is 0.127 e. The Balaban J connectivity index is 2.87. The van der Waals surface area contributed by atoms with Crippen LogP contribution >= 0.6 is 65.8 Å². The van der Waals surface area contributed by atoms with Crippen LogP contribution in [-0.2, 0) is 0 Å². The molecule has 0 atom stereocenters. The molecule has 0 N–H and O–H groups in total. The number of fused-ring (bicyclic) bond motifs is 1. The van der Waals surface area contributed by atoms with Crippen LogP contribution in [0.1, 0.15) is 0 Å². The molecule has 0 fully saturated rings. The minimum atomic E-state index is 1.14. The van der Waals surface area contributed by atoms with E-state index in [-0.39, 0.29) is 0 Å². The van der Waals surface area contributed by atoms with Gasteiger partial charge in [-0.3, -0.25) is 0 Å². The van der Waals surface area contributed by atoms with E-state index < -0.39 is 0 Å². The first-order chi connectivity index (χ1) is 5.68. The summed E-state index contributed by atoms with van der Waals surface area (Å²) in [6.07, 6.45) is 0. The number of hydrogen-bond acceptors (Lipinski definition) is 1. The Morgan fingerprint density at radius 1 is 1.25 bits per heavy atom. The van der Waals surface area contributed by atoms with Crippen LogP contribution in [-0.4, -0.2) is 0 Å². The van der Waals surface area contributed by atoms with E-state index in [1.807, 2.05) is 0 Å². The van der Waals surface area contributed by atoms with Crippen molar-refractivity contribution < 1.29 is 0 Å². The van der Waals surface area contributed by atoms with Gasteiger partial charge in [-0.05, 0) is 50.7 Å². The van der Waals surface area contributed by atoms with Gasteiger partial charge in [0.2, 0.25) is 0 Å². The fraction of sp³-hybridized carbons (Fsp3) is 0. The molecule has 0 amide bonds. The molecule has 4 heteroatoms. The Labute approximate surface area is 105 Å². The quantitative estimate of drug-likeness (QED) is 0.527. The van der Waals surface area contributed by atoms with Crippen molar-refractivity contribution in [2.45, 2.75) is 0 Å². The zero-order valence-corrected chi connectivity index (χ0v) is 11.9. The average Bonchev–Trinajstić information content (AvgIpc) is 2.28. The lowest BCUT2D eigenvalue weighted by Crippen LogP contribution is -1.67. The average molecular weight is 418 g/mol. The third-order valence-electron chi connectivity index (χ3n) is 1.55. The van der Waals surface area contributed by atoms with Crippen molar-refractivity contribution in [2.75, 3.05) is 0 Å². The monoisotopic (exact) mass is 416 g/mol. The van der Waals surface area contributed by atoms with E-state index >= 15 is 0 Å². The first-order valence-electron chi connectivity index (χ1n) is 3.21. The summed E-state index contributed by atoms with van der Waals surface area (Å²) in [5.41, 5.74) is 0. The van der Waals surface area contributed by atoms with E-state index in [1.165, 1.54) is 17.4 Å². The van der Waals surface area contributed by atoms with Crippen LogP contribution in [0.25, 0.3) is 10.1 Å². The van der Waals surface area contributed by atoms with Crippen molar-refractivity contribution >= 4 is 75.9 Å². The Bertz CT molecular complexity index is 436. The predicted molar refractivity (Wildman–Crippen MR) is 69.9 cm³/mol. The summed E-state index contributed by atoms with van der Waals surface area (Å²) in [6, 6.07) is 6.36. The molecule has 0 radical (unpaired) electrons. The van der Waals surface area contributed by atoms with Crippen LogP contribution in [0.4, 0.5) is 0 Å². The Morgan fingerprint density at radius 3 is 2.75 bits per heavy atom. The normalized spacial score (nSPS) is 10.9. The summed E-state index contributed by atoms with van der Waals surface area (Å²) in [5.74, 6) is 0. The smallest absolute Gasteiger partial charge is 0.0844 e. The number of hydrogen-bond donors (Lipinski definition) is 0. The van der Waals surface area contributed by atoms with Crippen molar-refractivity contribution in [1.29, 1.82) is 0 Å². The molecule has 1 aromatic heterocycles. The van der Waals surface area contributed by atoms with Crippen molar-refractivity contribution in [2.24, 2.45) is 0 Å². The van der Waals surface area contributed by atoms with Gasteiger partial charge >= 0.3 is 0 Å². The van der Waals surface area contributed by atoms with Gasteiger partial charge in [0.15, 0.2) is 0 Å².